The van der Waals surface area contributed by atoms with Crippen LogP contribution in [0.15, 0.2) is 18.2 Å². The van der Waals surface area contributed by atoms with Crippen LogP contribution in [0.4, 0.5) is 0 Å². The summed E-state index contributed by atoms with van der Waals surface area (Å²) in [7, 11) is 0. The van der Waals surface area contributed by atoms with Gasteiger partial charge >= 0.3 is 0 Å². The van der Waals surface area contributed by atoms with Crippen LogP contribution in [0.1, 0.15) is 36.0 Å². The second-order valence-corrected chi connectivity index (χ2v) is 5.60. The highest BCUT2D eigenvalue weighted by Crippen LogP contribution is 2.14. The fourth-order valence-electron chi connectivity index (χ4n) is 2.62. The van der Waals surface area contributed by atoms with Crippen molar-refractivity contribution in [2.45, 2.75) is 39.7 Å². The Hall–Kier alpha value is -1.06. The van der Waals surface area contributed by atoms with Crippen LogP contribution in [0.5, 0.6) is 0 Å². The van der Waals surface area contributed by atoms with Crippen LogP contribution in [0.2, 0.25) is 0 Å². The van der Waals surface area contributed by atoms with E-state index in [2.05, 4.69) is 42.7 Å². The summed E-state index contributed by atoms with van der Waals surface area (Å²) in [5.74, 6) is 0.860. The maximum absolute atomic E-state index is 11.8. The largest absolute Gasteiger partial charge is 0.352 e. The Morgan fingerprint density at radius 2 is 2.20 bits per heavy atom. The smallest absolute Gasteiger partial charge is 0.220 e. The number of nitrogens with one attached hydrogen (secondary N) is 2. The average Bonchev–Trinajstić information content (AvgIpc) is 2.88. The second-order valence-electron chi connectivity index (χ2n) is 5.60. The van der Waals surface area contributed by atoms with Crippen LogP contribution in [-0.4, -0.2) is 19.0 Å². The highest BCUT2D eigenvalue weighted by atomic mass is 35.5. The predicted octanol–water partition coefficient (Wildman–Crippen LogP) is 2.73. The van der Waals surface area contributed by atoms with Gasteiger partial charge in [0.05, 0.1) is 0 Å². The number of benzene rings is 1. The third-order valence-electron chi connectivity index (χ3n) is 3.92. The first-order valence-corrected chi connectivity index (χ1v) is 7.18. The zero-order chi connectivity index (χ0) is 13.7. The van der Waals surface area contributed by atoms with Gasteiger partial charge in [0.15, 0.2) is 0 Å². The Morgan fingerprint density at radius 3 is 2.85 bits per heavy atom. The quantitative estimate of drug-likeness (QED) is 0.877. The van der Waals surface area contributed by atoms with E-state index in [9.17, 15) is 4.79 Å². The first kappa shape index (κ1) is 17.0. The summed E-state index contributed by atoms with van der Waals surface area (Å²) >= 11 is 0. The highest BCUT2D eigenvalue weighted by molar-refractivity contribution is 5.85. The zero-order valence-corrected chi connectivity index (χ0v) is 13.2. The molecule has 0 saturated carbocycles. The van der Waals surface area contributed by atoms with Crippen LogP contribution < -0.4 is 10.6 Å². The number of amides is 1. The van der Waals surface area contributed by atoms with Gasteiger partial charge in [0.2, 0.25) is 5.91 Å². The molecule has 1 aliphatic heterocycles. The standard InChI is InChI=1S/C16H24N2O.ClH/c1-12-3-5-15(13(2)9-12)11-18-16(19)6-4-14-7-8-17-10-14;/h3,5,9,14,17H,4,6-8,10-11H2,1-2H3,(H,18,19);1H. The molecule has 20 heavy (non-hydrogen) atoms. The molecule has 1 saturated heterocycles. The van der Waals surface area contributed by atoms with E-state index < -0.39 is 0 Å². The van der Waals surface area contributed by atoms with Crippen molar-refractivity contribution in [3.05, 3.63) is 34.9 Å². The maximum atomic E-state index is 11.8. The molecule has 1 amide bonds. The number of hydrogen-bond acceptors (Lipinski definition) is 2. The number of hydrogen-bond donors (Lipinski definition) is 2. The number of aryl methyl sites for hydroxylation is 2. The van der Waals surface area contributed by atoms with Crippen molar-refractivity contribution in [3.8, 4) is 0 Å². The molecule has 1 aromatic carbocycles. The topological polar surface area (TPSA) is 41.1 Å². The summed E-state index contributed by atoms with van der Waals surface area (Å²) in [6.45, 7) is 7.01. The van der Waals surface area contributed by atoms with Gasteiger partial charge in [-0.05, 0) is 56.8 Å². The lowest BCUT2D eigenvalue weighted by Gasteiger charge is -2.10. The van der Waals surface area contributed by atoms with Gasteiger partial charge in [-0.1, -0.05) is 23.8 Å². The van der Waals surface area contributed by atoms with Crippen molar-refractivity contribution in [2.24, 2.45) is 5.92 Å². The van der Waals surface area contributed by atoms with Crippen molar-refractivity contribution in [1.82, 2.24) is 10.6 Å². The van der Waals surface area contributed by atoms with Gasteiger partial charge in [-0.3, -0.25) is 4.79 Å². The van der Waals surface area contributed by atoms with Gasteiger partial charge in [0.1, 0.15) is 0 Å². The minimum Gasteiger partial charge on any atom is -0.352 e. The normalized spacial score (nSPS) is 17.6. The molecule has 1 atom stereocenters. The third kappa shape index (κ3) is 5.14. The fourth-order valence-corrected chi connectivity index (χ4v) is 2.62. The molecule has 1 fully saturated rings. The molecular formula is C16H25ClN2O. The van der Waals surface area contributed by atoms with Crippen molar-refractivity contribution in [1.29, 1.82) is 0 Å². The summed E-state index contributed by atoms with van der Waals surface area (Å²) in [4.78, 5) is 11.8. The Bertz CT molecular complexity index is 442. The molecule has 2 N–H and O–H groups in total. The zero-order valence-electron chi connectivity index (χ0n) is 12.4. The van der Waals surface area contributed by atoms with E-state index in [1.165, 1.54) is 23.1 Å². The van der Waals surface area contributed by atoms with Gasteiger partial charge in [-0.15, -0.1) is 12.4 Å². The first-order valence-electron chi connectivity index (χ1n) is 7.18. The molecule has 0 aliphatic carbocycles. The highest BCUT2D eigenvalue weighted by Gasteiger charge is 2.15. The third-order valence-corrected chi connectivity index (χ3v) is 3.92. The summed E-state index contributed by atoms with van der Waals surface area (Å²) < 4.78 is 0. The molecule has 2 rings (SSSR count). The molecule has 1 heterocycles. The maximum Gasteiger partial charge on any atom is 0.220 e. The lowest BCUT2D eigenvalue weighted by atomic mass is 10.0. The first-order chi connectivity index (χ1) is 9.15. The molecule has 0 spiro atoms. The molecular weight excluding hydrogens is 272 g/mol. The lowest BCUT2D eigenvalue weighted by Crippen LogP contribution is -2.23. The fraction of sp³-hybridized carbons (Fsp3) is 0.562. The number of carbonyl (C=O) groups is 1. The SMILES string of the molecule is Cc1ccc(CNC(=O)CCC2CCNC2)c(C)c1.Cl. The molecule has 1 unspecified atom stereocenters. The number of halogens is 1. The minimum absolute atomic E-state index is 0. The Morgan fingerprint density at radius 1 is 1.40 bits per heavy atom. The second kappa shape index (κ2) is 8.28. The van der Waals surface area contributed by atoms with Crippen LogP contribution in [0.3, 0.4) is 0 Å². The Labute approximate surface area is 127 Å². The van der Waals surface area contributed by atoms with Crippen LogP contribution in [-0.2, 0) is 11.3 Å². The summed E-state index contributed by atoms with van der Waals surface area (Å²) in [6, 6.07) is 6.36. The summed E-state index contributed by atoms with van der Waals surface area (Å²) in [5, 5.41) is 6.36. The van der Waals surface area contributed by atoms with Crippen LogP contribution in [0.25, 0.3) is 0 Å². The van der Waals surface area contributed by atoms with Gasteiger partial charge in [-0.25, -0.2) is 0 Å². The van der Waals surface area contributed by atoms with E-state index in [0.29, 0.717) is 18.9 Å². The predicted molar refractivity (Wildman–Crippen MR) is 85.2 cm³/mol. The van der Waals surface area contributed by atoms with Crippen LogP contribution >= 0.6 is 12.4 Å². The minimum atomic E-state index is 0. The van der Waals surface area contributed by atoms with Crippen molar-refractivity contribution in [2.75, 3.05) is 13.1 Å². The molecule has 0 bridgehead atoms. The summed E-state index contributed by atoms with van der Waals surface area (Å²) in [5.41, 5.74) is 3.73. The molecule has 4 heteroatoms. The van der Waals surface area contributed by atoms with E-state index >= 15 is 0 Å². The molecule has 3 nitrogen and oxygen atoms in total. The number of rotatable bonds is 5. The van der Waals surface area contributed by atoms with Gasteiger partial charge in [-0.2, -0.15) is 0 Å². The molecule has 1 aromatic rings. The van der Waals surface area contributed by atoms with Gasteiger partial charge < -0.3 is 10.6 Å². The van der Waals surface area contributed by atoms with E-state index in [-0.39, 0.29) is 18.3 Å². The molecule has 0 radical (unpaired) electrons. The summed E-state index contributed by atoms with van der Waals surface area (Å²) in [6.07, 6.45) is 2.87. The van der Waals surface area contributed by atoms with Crippen molar-refractivity contribution in [3.63, 3.8) is 0 Å². The number of carbonyl (C=O) groups excluding carboxylic acids is 1. The molecule has 0 aromatic heterocycles. The van der Waals surface area contributed by atoms with Gasteiger partial charge in [0, 0.05) is 13.0 Å². The van der Waals surface area contributed by atoms with Gasteiger partial charge in [0.25, 0.3) is 0 Å². The monoisotopic (exact) mass is 296 g/mol. The van der Waals surface area contributed by atoms with E-state index in [0.717, 1.165) is 19.5 Å². The van der Waals surface area contributed by atoms with E-state index in [1.807, 2.05) is 0 Å². The molecule has 1 aliphatic rings. The average molecular weight is 297 g/mol. The van der Waals surface area contributed by atoms with Crippen molar-refractivity contribution < 1.29 is 4.79 Å². The van der Waals surface area contributed by atoms with Crippen LogP contribution in [0, 0.1) is 19.8 Å². The Kier molecular flexibility index (Phi) is 7.03. The Balaban J connectivity index is 0.00000200. The van der Waals surface area contributed by atoms with Crippen molar-refractivity contribution >= 4 is 18.3 Å². The van der Waals surface area contributed by atoms with E-state index in [4.69, 9.17) is 0 Å². The molecule has 112 valence electrons. The lowest BCUT2D eigenvalue weighted by molar-refractivity contribution is -0.121. The van der Waals surface area contributed by atoms with E-state index in [1.54, 1.807) is 0 Å².